The van der Waals surface area contributed by atoms with Crippen molar-refractivity contribution >= 4 is 11.6 Å². The molecule has 3 heterocycles. The molecule has 1 N–H and O–H groups in total. The second kappa shape index (κ2) is 6.24. The molecule has 2 atom stereocenters. The summed E-state index contributed by atoms with van der Waals surface area (Å²) < 4.78 is 5.93. The second-order valence-corrected chi connectivity index (χ2v) is 6.87. The highest BCUT2D eigenvalue weighted by Crippen LogP contribution is 2.27. The molecule has 6 heteroatoms. The number of morpholine rings is 1. The lowest BCUT2D eigenvalue weighted by Crippen LogP contribution is -2.48. The minimum atomic E-state index is 0.329. The van der Waals surface area contributed by atoms with Crippen LogP contribution in [-0.4, -0.2) is 65.4 Å². The summed E-state index contributed by atoms with van der Waals surface area (Å²) in [5.41, 5.74) is 3.33. The molecule has 0 bridgehead atoms. The summed E-state index contributed by atoms with van der Waals surface area (Å²) in [6, 6.07) is 8.39. The van der Waals surface area contributed by atoms with Crippen LogP contribution in [0.3, 0.4) is 0 Å². The Morgan fingerprint density at radius 1 is 1.39 bits per heavy atom. The van der Waals surface area contributed by atoms with Gasteiger partial charge >= 0.3 is 0 Å². The monoisotopic (exact) mass is 332 g/mol. The average Bonchev–Trinajstić information content (AvgIpc) is 3.15. The van der Waals surface area contributed by atoms with Crippen molar-refractivity contribution in [3.63, 3.8) is 0 Å². The zero-order valence-electron chi connectivity index (χ0n) is 13.2. The van der Waals surface area contributed by atoms with Gasteiger partial charge < -0.3 is 4.74 Å². The van der Waals surface area contributed by atoms with Crippen molar-refractivity contribution in [2.45, 2.75) is 18.7 Å². The quantitative estimate of drug-likeness (QED) is 0.936. The van der Waals surface area contributed by atoms with Gasteiger partial charge in [0, 0.05) is 48.4 Å². The molecule has 2 aromatic rings. The van der Waals surface area contributed by atoms with Crippen molar-refractivity contribution in [2.24, 2.45) is 0 Å². The van der Waals surface area contributed by atoms with Crippen molar-refractivity contribution in [3.05, 3.63) is 41.0 Å². The number of benzene rings is 1. The van der Waals surface area contributed by atoms with Crippen LogP contribution in [0.5, 0.6) is 0 Å². The lowest BCUT2D eigenvalue weighted by atomic mass is 10.1. The fourth-order valence-corrected chi connectivity index (χ4v) is 3.82. The van der Waals surface area contributed by atoms with Gasteiger partial charge in [-0.25, -0.2) is 0 Å². The SMILES string of the molecule is CN1CCOC2CN(Cc3cn[nH]c3-c3cccc(Cl)c3)CC21. The van der Waals surface area contributed by atoms with Crippen LogP contribution in [0, 0.1) is 0 Å². The molecule has 2 saturated heterocycles. The smallest absolute Gasteiger partial charge is 0.0869 e. The number of H-pyrrole nitrogens is 1. The zero-order valence-corrected chi connectivity index (χ0v) is 14.0. The predicted octanol–water partition coefficient (Wildman–Crippen LogP) is 2.24. The maximum Gasteiger partial charge on any atom is 0.0869 e. The molecule has 0 saturated carbocycles. The molecule has 1 aromatic heterocycles. The standard InChI is InChI=1S/C17H21ClN4O/c1-21-5-6-23-16-11-22(10-15(16)21)9-13-8-19-20-17(13)12-3-2-4-14(18)7-12/h2-4,7-8,15-16H,5-6,9-11H2,1H3,(H,19,20). The van der Waals surface area contributed by atoms with Crippen molar-refractivity contribution in [3.8, 4) is 11.3 Å². The maximum absolute atomic E-state index is 6.12. The van der Waals surface area contributed by atoms with Gasteiger partial charge in [0.05, 0.1) is 24.6 Å². The molecular weight excluding hydrogens is 312 g/mol. The van der Waals surface area contributed by atoms with Gasteiger partial charge in [0.15, 0.2) is 0 Å². The van der Waals surface area contributed by atoms with E-state index in [0.29, 0.717) is 12.1 Å². The first kappa shape index (κ1) is 15.1. The number of hydrogen-bond acceptors (Lipinski definition) is 4. The van der Waals surface area contributed by atoms with Crippen LogP contribution in [0.2, 0.25) is 5.02 Å². The van der Waals surface area contributed by atoms with E-state index in [9.17, 15) is 0 Å². The molecule has 0 amide bonds. The molecule has 23 heavy (non-hydrogen) atoms. The Balaban J connectivity index is 1.51. The van der Waals surface area contributed by atoms with Crippen LogP contribution in [0.25, 0.3) is 11.3 Å². The van der Waals surface area contributed by atoms with Gasteiger partial charge in [0.2, 0.25) is 0 Å². The lowest BCUT2D eigenvalue weighted by molar-refractivity contribution is -0.0370. The van der Waals surface area contributed by atoms with Gasteiger partial charge in [-0.05, 0) is 19.2 Å². The Morgan fingerprint density at radius 2 is 2.30 bits per heavy atom. The van der Waals surface area contributed by atoms with Crippen molar-refractivity contribution in [1.29, 1.82) is 0 Å². The normalized spacial score (nSPS) is 25.7. The summed E-state index contributed by atoms with van der Waals surface area (Å²) >= 11 is 6.12. The summed E-state index contributed by atoms with van der Waals surface area (Å²) in [5.74, 6) is 0. The first-order valence-electron chi connectivity index (χ1n) is 8.03. The van der Waals surface area contributed by atoms with E-state index in [1.165, 1.54) is 5.56 Å². The van der Waals surface area contributed by atoms with E-state index < -0.39 is 0 Å². The van der Waals surface area contributed by atoms with Gasteiger partial charge in [-0.3, -0.25) is 14.9 Å². The third-order valence-electron chi connectivity index (χ3n) is 4.88. The number of fused-ring (bicyclic) bond motifs is 1. The predicted molar refractivity (Wildman–Crippen MR) is 90.5 cm³/mol. The summed E-state index contributed by atoms with van der Waals surface area (Å²) in [6.45, 7) is 4.76. The van der Waals surface area contributed by atoms with Gasteiger partial charge in [0.1, 0.15) is 0 Å². The Kier molecular flexibility index (Phi) is 4.11. The zero-order chi connectivity index (χ0) is 15.8. The van der Waals surface area contributed by atoms with Gasteiger partial charge in [-0.15, -0.1) is 0 Å². The van der Waals surface area contributed by atoms with E-state index in [2.05, 4.69) is 33.1 Å². The maximum atomic E-state index is 6.12. The Morgan fingerprint density at radius 3 is 3.13 bits per heavy atom. The van der Waals surface area contributed by atoms with E-state index in [0.717, 1.165) is 49.1 Å². The molecule has 122 valence electrons. The first-order chi connectivity index (χ1) is 11.2. The Labute approximate surface area is 141 Å². The number of likely N-dealkylation sites (N-methyl/N-ethyl adjacent to an activating group) is 1. The van der Waals surface area contributed by atoms with E-state index >= 15 is 0 Å². The highest BCUT2D eigenvalue weighted by Gasteiger charge is 2.38. The van der Waals surface area contributed by atoms with Crippen molar-refractivity contribution in [2.75, 3.05) is 33.3 Å². The largest absolute Gasteiger partial charge is 0.374 e. The van der Waals surface area contributed by atoms with Crippen LogP contribution in [0.4, 0.5) is 0 Å². The number of hydrogen-bond donors (Lipinski definition) is 1. The molecule has 2 aliphatic rings. The van der Waals surface area contributed by atoms with Gasteiger partial charge in [0.25, 0.3) is 0 Å². The summed E-state index contributed by atoms with van der Waals surface area (Å²) in [4.78, 5) is 4.87. The van der Waals surface area contributed by atoms with Crippen LogP contribution in [-0.2, 0) is 11.3 Å². The van der Waals surface area contributed by atoms with E-state index in [1.54, 1.807) is 0 Å². The molecule has 2 unspecified atom stereocenters. The van der Waals surface area contributed by atoms with E-state index in [-0.39, 0.29) is 0 Å². The minimum Gasteiger partial charge on any atom is -0.374 e. The number of aromatic amines is 1. The Hall–Kier alpha value is -1.40. The molecule has 2 aliphatic heterocycles. The highest BCUT2D eigenvalue weighted by atomic mass is 35.5. The first-order valence-corrected chi connectivity index (χ1v) is 8.41. The summed E-state index contributed by atoms with van der Waals surface area (Å²) in [5, 5.41) is 8.10. The van der Waals surface area contributed by atoms with Gasteiger partial charge in [-0.2, -0.15) is 5.10 Å². The molecule has 0 radical (unpaired) electrons. The van der Waals surface area contributed by atoms with Crippen LogP contribution >= 0.6 is 11.6 Å². The molecular formula is C17H21ClN4O. The van der Waals surface area contributed by atoms with Crippen LogP contribution in [0.15, 0.2) is 30.5 Å². The topological polar surface area (TPSA) is 44.4 Å². The minimum absolute atomic E-state index is 0.329. The molecule has 4 rings (SSSR count). The van der Waals surface area contributed by atoms with E-state index in [1.807, 2.05) is 24.4 Å². The summed E-state index contributed by atoms with van der Waals surface area (Å²) in [7, 11) is 2.19. The fourth-order valence-electron chi connectivity index (χ4n) is 3.63. The Bertz CT molecular complexity index is 689. The van der Waals surface area contributed by atoms with E-state index in [4.69, 9.17) is 16.3 Å². The number of nitrogens with one attached hydrogen (secondary N) is 1. The third kappa shape index (κ3) is 3.02. The average molecular weight is 333 g/mol. The number of nitrogens with zero attached hydrogens (tertiary/aromatic N) is 3. The van der Waals surface area contributed by atoms with Crippen molar-refractivity contribution < 1.29 is 4.74 Å². The number of ether oxygens (including phenoxy) is 1. The highest BCUT2D eigenvalue weighted by molar-refractivity contribution is 6.30. The summed E-state index contributed by atoms with van der Waals surface area (Å²) in [6.07, 6.45) is 2.25. The van der Waals surface area contributed by atoms with Crippen LogP contribution < -0.4 is 0 Å². The molecule has 0 spiro atoms. The number of rotatable bonds is 3. The number of aromatic nitrogens is 2. The van der Waals surface area contributed by atoms with Crippen LogP contribution in [0.1, 0.15) is 5.56 Å². The number of halogens is 1. The fraction of sp³-hybridized carbons (Fsp3) is 0.471. The lowest BCUT2D eigenvalue weighted by Gasteiger charge is -2.33. The molecule has 0 aliphatic carbocycles. The number of likely N-dealkylation sites (tertiary alicyclic amines) is 1. The molecule has 1 aromatic carbocycles. The van der Waals surface area contributed by atoms with Gasteiger partial charge in [-0.1, -0.05) is 23.7 Å². The van der Waals surface area contributed by atoms with Crippen molar-refractivity contribution in [1.82, 2.24) is 20.0 Å². The molecule has 5 nitrogen and oxygen atoms in total. The molecule has 2 fully saturated rings. The second-order valence-electron chi connectivity index (χ2n) is 6.43. The third-order valence-corrected chi connectivity index (χ3v) is 5.11.